The quantitative estimate of drug-likeness (QED) is 0.739. The summed E-state index contributed by atoms with van der Waals surface area (Å²) in [5.41, 5.74) is 1.90. The summed E-state index contributed by atoms with van der Waals surface area (Å²) < 4.78 is 11.4. The number of esters is 1. The number of carbonyl (C=O) groups is 1. The van der Waals surface area contributed by atoms with Crippen molar-refractivity contribution >= 4 is 11.9 Å². The van der Waals surface area contributed by atoms with Crippen LogP contribution in [0.2, 0.25) is 0 Å². The monoisotopic (exact) mass is 332 g/mol. The van der Waals surface area contributed by atoms with Gasteiger partial charge < -0.3 is 14.4 Å². The molecule has 0 saturated carbocycles. The van der Waals surface area contributed by atoms with E-state index in [1.807, 2.05) is 25.2 Å². The first-order chi connectivity index (χ1) is 11.6. The van der Waals surface area contributed by atoms with Crippen LogP contribution in [0.4, 0.5) is 5.95 Å². The number of ether oxygens (including phenoxy) is 2. The van der Waals surface area contributed by atoms with Crippen LogP contribution in [0.25, 0.3) is 0 Å². The first kappa shape index (κ1) is 15.8. The summed E-state index contributed by atoms with van der Waals surface area (Å²) in [5.74, 6) is 0.647. The minimum atomic E-state index is -0.333. The largest absolute Gasteiger partial charge is 0.464 e. The van der Waals surface area contributed by atoms with Gasteiger partial charge in [0.2, 0.25) is 5.95 Å². The third kappa shape index (κ3) is 2.56. The molecule has 7 nitrogen and oxygen atoms in total. The van der Waals surface area contributed by atoms with E-state index in [2.05, 4.69) is 9.88 Å². The van der Waals surface area contributed by atoms with Crippen LogP contribution < -0.4 is 4.90 Å². The molecule has 1 aromatic rings. The lowest BCUT2D eigenvalue weighted by atomic mass is 9.83. The van der Waals surface area contributed by atoms with E-state index in [1.54, 1.807) is 0 Å². The molecule has 3 aliphatic heterocycles. The molecule has 1 atom stereocenters. The van der Waals surface area contributed by atoms with Gasteiger partial charge in [-0.2, -0.15) is 0 Å². The zero-order valence-corrected chi connectivity index (χ0v) is 14.3. The second-order valence-corrected chi connectivity index (χ2v) is 7.04. The van der Waals surface area contributed by atoms with Crippen molar-refractivity contribution < 1.29 is 14.3 Å². The number of hydrogen-bond acceptors (Lipinski definition) is 7. The highest BCUT2D eigenvalue weighted by Gasteiger charge is 2.45. The Morgan fingerprint density at radius 2 is 2.08 bits per heavy atom. The van der Waals surface area contributed by atoms with Gasteiger partial charge in [-0.25, -0.2) is 9.97 Å². The maximum atomic E-state index is 11.8. The zero-order chi connectivity index (χ0) is 16.7. The summed E-state index contributed by atoms with van der Waals surface area (Å²) in [6.45, 7) is 2.92. The molecule has 0 N–H and O–H groups in total. The van der Waals surface area contributed by atoms with Gasteiger partial charge in [-0.1, -0.05) is 0 Å². The van der Waals surface area contributed by atoms with Crippen molar-refractivity contribution in [3.05, 3.63) is 17.5 Å². The van der Waals surface area contributed by atoms with Crippen LogP contribution in [-0.4, -0.2) is 67.3 Å². The lowest BCUT2D eigenvalue weighted by Gasteiger charge is -2.45. The molecule has 1 aromatic heterocycles. The van der Waals surface area contributed by atoms with Gasteiger partial charge in [0.25, 0.3) is 0 Å². The van der Waals surface area contributed by atoms with Gasteiger partial charge in [0, 0.05) is 39.8 Å². The number of likely N-dealkylation sites (tertiary alicyclic amines) is 1. The molecule has 2 saturated heterocycles. The molecule has 4 rings (SSSR count). The molecule has 0 aromatic carbocycles. The fraction of sp³-hybridized carbons (Fsp3) is 0.706. The Morgan fingerprint density at radius 3 is 2.75 bits per heavy atom. The molecule has 0 radical (unpaired) electrons. The minimum absolute atomic E-state index is 0.0758. The lowest BCUT2D eigenvalue weighted by molar-refractivity contribution is -0.145. The maximum Gasteiger partial charge on any atom is 0.323 e. The van der Waals surface area contributed by atoms with Crippen molar-refractivity contribution in [3.8, 4) is 0 Å². The van der Waals surface area contributed by atoms with Crippen LogP contribution >= 0.6 is 0 Å². The number of cyclic esters (lactones) is 1. The first-order valence-electron chi connectivity index (χ1n) is 8.67. The second-order valence-electron chi connectivity index (χ2n) is 7.04. The number of nitrogens with zero attached hydrogens (tertiary/aromatic N) is 4. The average Bonchev–Trinajstić information content (AvgIpc) is 3.02. The predicted molar refractivity (Wildman–Crippen MR) is 87.9 cm³/mol. The molecule has 130 valence electrons. The summed E-state index contributed by atoms with van der Waals surface area (Å²) >= 11 is 0. The van der Waals surface area contributed by atoms with E-state index in [1.165, 1.54) is 5.56 Å². The van der Waals surface area contributed by atoms with Crippen LogP contribution in [-0.2, 0) is 26.3 Å². The van der Waals surface area contributed by atoms with Gasteiger partial charge in [0.05, 0.1) is 18.9 Å². The Bertz CT molecular complexity index is 641. The number of rotatable bonds is 2. The Balaban J connectivity index is 1.57. The Kier molecular flexibility index (Phi) is 3.92. The summed E-state index contributed by atoms with van der Waals surface area (Å²) in [4.78, 5) is 25.3. The molecule has 2 fully saturated rings. The molecule has 1 unspecified atom stereocenters. The van der Waals surface area contributed by atoms with E-state index in [9.17, 15) is 4.79 Å². The van der Waals surface area contributed by atoms with E-state index in [-0.39, 0.29) is 17.6 Å². The van der Waals surface area contributed by atoms with E-state index < -0.39 is 0 Å². The topological polar surface area (TPSA) is 67.8 Å². The molecular formula is C17H24N4O3. The van der Waals surface area contributed by atoms with Crippen molar-refractivity contribution in [1.82, 2.24) is 14.9 Å². The van der Waals surface area contributed by atoms with E-state index >= 15 is 0 Å². The SMILES string of the molecule is CN(C)c1ncc2c(n1)C1(CCN(C3CCOC3=O)CC1)OCC2. The van der Waals surface area contributed by atoms with Gasteiger partial charge in [-0.15, -0.1) is 0 Å². The van der Waals surface area contributed by atoms with Crippen LogP contribution in [0, 0.1) is 0 Å². The third-order valence-corrected chi connectivity index (χ3v) is 5.39. The van der Waals surface area contributed by atoms with Gasteiger partial charge in [0.1, 0.15) is 11.6 Å². The molecule has 0 bridgehead atoms. The minimum Gasteiger partial charge on any atom is -0.464 e. The maximum absolute atomic E-state index is 11.8. The highest BCUT2D eigenvalue weighted by molar-refractivity contribution is 5.77. The number of fused-ring (bicyclic) bond motifs is 2. The molecular weight excluding hydrogens is 308 g/mol. The number of anilines is 1. The fourth-order valence-electron chi connectivity index (χ4n) is 4.01. The Labute approximate surface area is 142 Å². The lowest BCUT2D eigenvalue weighted by Crippen LogP contribution is -2.51. The normalized spacial score (nSPS) is 26.2. The highest BCUT2D eigenvalue weighted by Crippen LogP contribution is 2.41. The molecule has 0 amide bonds. The van der Waals surface area contributed by atoms with Crippen LogP contribution in [0.3, 0.4) is 0 Å². The van der Waals surface area contributed by atoms with Gasteiger partial charge in [-0.05, 0) is 24.8 Å². The predicted octanol–water partition coefficient (Wildman–Crippen LogP) is 0.722. The Hall–Kier alpha value is -1.73. The number of hydrogen-bond donors (Lipinski definition) is 0. The summed E-state index contributed by atoms with van der Waals surface area (Å²) in [6, 6.07) is -0.0758. The van der Waals surface area contributed by atoms with Crippen molar-refractivity contribution in [1.29, 1.82) is 0 Å². The standard InChI is InChI=1S/C17H24N4O3/c1-20(2)16-18-11-12-3-10-24-17(14(12)19-16)5-7-21(8-6-17)13-4-9-23-15(13)22/h11,13H,3-10H2,1-2H3. The third-order valence-electron chi connectivity index (χ3n) is 5.39. The zero-order valence-electron chi connectivity index (χ0n) is 14.3. The summed E-state index contributed by atoms with van der Waals surface area (Å²) in [7, 11) is 3.90. The highest BCUT2D eigenvalue weighted by atomic mass is 16.5. The van der Waals surface area contributed by atoms with Crippen molar-refractivity contribution in [2.24, 2.45) is 0 Å². The fourth-order valence-corrected chi connectivity index (χ4v) is 4.01. The van der Waals surface area contributed by atoms with E-state index in [0.717, 1.165) is 50.4 Å². The van der Waals surface area contributed by atoms with Crippen molar-refractivity contribution in [2.45, 2.75) is 37.3 Å². The second kappa shape index (κ2) is 5.97. The molecule has 4 heterocycles. The first-order valence-corrected chi connectivity index (χ1v) is 8.67. The van der Waals surface area contributed by atoms with Gasteiger partial charge in [-0.3, -0.25) is 9.69 Å². The van der Waals surface area contributed by atoms with Crippen LogP contribution in [0.1, 0.15) is 30.5 Å². The van der Waals surface area contributed by atoms with Crippen LogP contribution in [0.5, 0.6) is 0 Å². The molecule has 3 aliphatic rings. The molecule has 7 heteroatoms. The van der Waals surface area contributed by atoms with E-state index in [0.29, 0.717) is 13.2 Å². The number of aromatic nitrogens is 2. The Morgan fingerprint density at radius 1 is 1.29 bits per heavy atom. The van der Waals surface area contributed by atoms with E-state index in [4.69, 9.17) is 14.5 Å². The molecule has 24 heavy (non-hydrogen) atoms. The molecule has 1 spiro atoms. The van der Waals surface area contributed by atoms with Gasteiger partial charge >= 0.3 is 5.97 Å². The average molecular weight is 332 g/mol. The van der Waals surface area contributed by atoms with Crippen LogP contribution in [0.15, 0.2) is 6.20 Å². The van der Waals surface area contributed by atoms with Gasteiger partial charge in [0.15, 0.2) is 0 Å². The number of piperidine rings is 1. The number of carbonyl (C=O) groups excluding carboxylic acids is 1. The molecule has 0 aliphatic carbocycles. The van der Waals surface area contributed by atoms with Crippen molar-refractivity contribution in [3.63, 3.8) is 0 Å². The van der Waals surface area contributed by atoms with Crippen molar-refractivity contribution in [2.75, 3.05) is 45.3 Å². The summed E-state index contributed by atoms with van der Waals surface area (Å²) in [6.07, 6.45) is 5.32. The summed E-state index contributed by atoms with van der Waals surface area (Å²) in [5, 5.41) is 0. The smallest absolute Gasteiger partial charge is 0.323 e.